The fourth-order valence-electron chi connectivity index (χ4n) is 15.1. The van der Waals surface area contributed by atoms with Crippen LogP contribution in [0.25, 0.3) is 10.8 Å². The summed E-state index contributed by atoms with van der Waals surface area (Å²) >= 11 is 0. The highest BCUT2D eigenvalue weighted by molar-refractivity contribution is 6.06. The van der Waals surface area contributed by atoms with E-state index in [-0.39, 0.29) is 65.9 Å². The van der Waals surface area contributed by atoms with Gasteiger partial charge in [-0.2, -0.15) is 0 Å². The van der Waals surface area contributed by atoms with Crippen molar-refractivity contribution in [3.8, 4) is 34.8 Å². The van der Waals surface area contributed by atoms with Crippen molar-refractivity contribution in [1.29, 1.82) is 0 Å². The second-order valence-corrected chi connectivity index (χ2v) is 26.9. The molecule has 2 aliphatic carbocycles. The van der Waals surface area contributed by atoms with Crippen molar-refractivity contribution < 1.29 is 45.0 Å². The molecule has 1 fully saturated rings. The summed E-state index contributed by atoms with van der Waals surface area (Å²) in [6.45, 7) is 7.98. The number of aromatic hydroxyl groups is 3. The number of Topliss-reactive ketones (excluding diaryl/α,β-unsaturated/α-hetero) is 2. The number of carbonyl (C=O) groups is 2. The van der Waals surface area contributed by atoms with Crippen molar-refractivity contribution in [2.75, 3.05) is 32.1 Å². The minimum absolute atomic E-state index is 0.0548. The number of aromatic nitrogens is 1. The third-order valence-corrected chi connectivity index (χ3v) is 20.2. The molecule has 0 spiro atoms. The number of methoxy groups -OCH3 is 1. The van der Waals surface area contributed by atoms with Crippen molar-refractivity contribution in [2.45, 2.75) is 147 Å². The first-order chi connectivity index (χ1) is 44.6. The minimum atomic E-state index is -1.88. The van der Waals surface area contributed by atoms with E-state index in [4.69, 9.17) is 4.74 Å². The molecular weight excluding hydrogens is 1150 g/mol. The summed E-state index contributed by atoms with van der Waals surface area (Å²) < 4.78 is 5.67. The lowest BCUT2D eigenvalue weighted by Crippen LogP contribution is -2.40. The van der Waals surface area contributed by atoms with Crippen LogP contribution in [0.1, 0.15) is 146 Å². The zero-order valence-electron chi connectivity index (χ0n) is 53.8. The predicted octanol–water partition coefficient (Wildman–Crippen LogP) is 12.8. The summed E-state index contributed by atoms with van der Waals surface area (Å²) in [6.07, 6.45) is 11.2. The van der Waals surface area contributed by atoms with Crippen LogP contribution in [0.5, 0.6) is 23.0 Å². The van der Waals surface area contributed by atoms with E-state index in [0.717, 1.165) is 105 Å². The molecule has 9 bridgehead atoms. The molecule has 6 aromatic carbocycles. The van der Waals surface area contributed by atoms with Gasteiger partial charge < -0.3 is 56.3 Å². The summed E-state index contributed by atoms with van der Waals surface area (Å²) in [5.74, 6) is 5.77. The topological polar surface area (TPSA) is 217 Å². The number of aliphatic hydroxyl groups is 3. The van der Waals surface area contributed by atoms with Crippen molar-refractivity contribution in [3.05, 3.63) is 207 Å². The van der Waals surface area contributed by atoms with Gasteiger partial charge in [-0.05, 0) is 210 Å². The lowest BCUT2D eigenvalue weighted by Gasteiger charge is -2.33. The number of hydrogen-bond donors (Lipinski definition) is 10. The van der Waals surface area contributed by atoms with Gasteiger partial charge in [0.1, 0.15) is 17.3 Å². The van der Waals surface area contributed by atoms with Crippen molar-refractivity contribution in [1.82, 2.24) is 15.6 Å². The van der Waals surface area contributed by atoms with Crippen molar-refractivity contribution in [3.63, 3.8) is 0 Å². The number of anilines is 1. The van der Waals surface area contributed by atoms with Crippen LogP contribution in [-0.4, -0.2) is 92.2 Å². The van der Waals surface area contributed by atoms with Gasteiger partial charge in [0.2, 0.25) is 0 Å². The normalized spacial score (nSPS) is 24.5. The number of dihydropyridines is 1. The second-order valence-electron chi connectivity index (χ2n) is 26.9. The lowest BCUT2D eigenvalue weighted by atomic mass is 9.73. The van der Waals surface area contributed by atoms with E-state index in [2.05, 4.69) is 108 Å². The number of allylic oxidation sites excluding steroid dienone is 2. The average Bonchev–Trinajstić information content (AvgIpc) is 0.937. The number of β-amino-alcohol motifs (C(OH)–C–C–N with tert-alkyl or cyclic N) is 1. The highest BCUT2D eigenvalue weighted by Crippen LogP contribution is 2.46. The van der Waals surface area contributed by atoms with Gasteiger partial charge in [-0.3, -0.25) is 9.59 Å². The molecule has 92 heavy (non-hydrogen) atoms. The standard InChI is InChI=1S/C79H92N4O9/c1-5-12-66-59-34-53(31-52-29-30-81-76(36-52)83-71-43-70-56(37-60(71)32-50-13-7-6-8-14-50)23-24-58(77(70)89)39-64(85)47-80-45-49(3)61-38-62(82-46-61)42-73(66)87)33-55-25-27-67(65-18-10-9-16-54(65)22-20-48(2)19-21-51-15-11-17-63(84)35-51)68-44-74(88)75(92-4)41-57(68)26-28-72(86)79(91)78(90)69(55)40-59/h6-11,13-18,23-24,29,35-38,41,43-44,46,48-49,53,55,59,64,66-67,69,73,79-85,87-89,91H,5,12,19-22,26,28,30-34,39-40,42,45,47H2,1-4H3. The molecule has 13 nitrogen and oxygen atoms in total. The Kier molecular flexibility index (Phi) is 21.4. The number of ether oxygens (including phenoxy) is 1. The molecule has 11 atom stereocenters. The number of hydrogen-bond acceptors (Lipinski definition) is 12. The quantitative estimate of drug-likeness (QED) is 0.0408. The smallest absolute Gasteiger partial charge is 0.173 e. The van der Waals surface area contributed by atoms with Crippen LogP contribution in [0, 0.1) is 47.3 Å². The molecule has 11 rings (SSSR count). The van der Waals surface area contributed by atoms with Crippen LogP contribution < -0.4 is 20.7 Å². The summed E-state index contributed by atoms with van der Waals surface area (Å²) in [5.41, 5.74) is 11.4. The van der Waals surface area contributed by atoms with Gasteiger partial charge >= 0.3 is 0 Å². The first kappa shape index (κ1) is 65.4. The zero-order chi connectivity index (χ0) is 64.4. The molecule has 10 N–H and O–H groups in total. The van der Waals surface area contributed by atoms with Crippen LogP contribution in [0.3, 0.4) is 0 Å². The van der Waals surface area contributed by atoms with Crippen LogP contribution in [0.15, 0.2) is 151 Å². The highest BCUT2D eigenvalue weighted by atomic mass is 16.5. The van der Waals surface area contributed by atoms with E-state index in [9.17, 15) is 35.4 Å². The van der Waals surface area contributed by atoms with Gasteiger partial charge in [0.05, 0.1) is 25.2 Å². The SMILES string of the molecule is CCCC1C(O)Cc2cc(c[nH]2)C(C)CNCC(O)Cc2ccc3cc(Cc4ccccc4)c(cc3c2O)NC2=CC(=CCN2)CC2CC3C#CC(c4ccccc4CCC(C)CCc4cccc(O)c4)c4cc(O)c(OC)cc4CCC(=O)C(O)C(=O)C3CC1C2. The average molecular weight is 1240 g/mol. The number of aliphatic hydroxyl groups excluding tert-OH is 3. The molecule has 4 aliphatic rings. The molecule has 13 heteroatoms. The van der Waals surface area contributed by atoms with E-state index in [1.807, 2.05) is 66.9 Å². The summed E-state index contributed by atoms with van der Waals surface area (Å²) in [5, 5.41) is 82.4. The number of H-pyrrole nitrogens is 1. The van der Waals surface area contributed by atoms with Crippen LogP contribution in [0.2, 0.25) is 0 Å². The molecule has 3 heterocycles. The van der Waals surface area contributed by atoms with E-state index in [1.54, 1.807) is 18.2 Å². The van der Waals surface area contributed by atoms with E-state index >= 15 is 4.79 Å². The Morgan fingerprint density at radius 2 is 1.55 bits per heavy atom. The number of fused-ring (bicyclic) bond motifs is 9. The van der Waals surface area contributed by atoms with Gasteiger partial charge in [-0.25, -0.2) is 0 Å². The third kappa shape index (κ3) is 15.8. The lowest BCUT2D eigenvalue weighted by molar-refractivity contribution is -0.142. The maximum atomic E-state index is 15.4. The third-order valence-electron chi connectivity index (χ3n) is 20.2. The first-order valence-electron chi connectivity index (χ1n) is 33.6. The summed E-state index contributed by atoms with van der Waals surface area (Å²) in [7, 11) is 1.49. The van der Waals surface area contributed by atoms with E-state index < -0.39 is 47.6 Å². The van der Waals surface area contributed by atoms with Crippen molar-refractivity contribution >= 4 is 28.0 Å². The molecule has 1 saturated carbocycles. The fourth-order valence-corrected chi connectivity index (χ4v) is 15.1. The van der Waals surface area contributed by atoms with Gasteiger partial charge in [0.25, 0.3) is 0 Å². The number of carbonyl (C=O) groups excluding carboxylic acids is 2. The number of ketones is 2. The van der Waals surface area contributed by atoms with Crippen LogP contribution in [-0.2, 0) is 48.1 Å². The Balaban J connectivity index is 1.01. The van der Waals surface area contributed by atoms with Crippen molar-refractivity contribution in [2.24, 2.45) is 35.5 Å². The predicted molar refractivity (Wildman–Crippen MR) is 364 cm³/mol. The molecule has 2 aliphatic heterocycles. The van der Waals surface area contributed by atoms with Gasteiger partial charge in [0.15, 0.2) is 29.2 Å². The molecular formula is C79H92N4O9. The molecule has 1 aromatic heterocycles. The van der Waals surface area contributed by atoms with Gasteiger partial charge in [-0.1, -0.05) is 124 Å². The molecule has 0 radical (unpaired) electrons. The Bertz CT molecular complexity index is 3860. The Morgan fingerprint density at radius 1 is 0.750 bits per heavy atom. The Labute approximate surface area is 542 Å². The first-order valence-corrected chi connectivity index (χ1v) is 33.6. The maximum absolute atomic E-state index is 15.4. The molecule has 7 aromatic rings. The van der Waals surface area contributed by atoms with Crippen LogP contribution in [0.4, 0.5) is 5.69 Å². The monoisotopic (exact) mass is 1240 g/mol. The van der Waals surface area contributed by atoms with E-state index in [1.165, 1.54) is 7.11 Å². The second kappa shape index (κ2) is 30.1. The number of rotatable bonds is 12. The number of aryl methyl sites for hydroxylation is 3. The van der Waals surface area contributed by atoms with Gasteiger partial charge in [-0.15, -0.1) is 0 Å². The zero-order valence-corrected chi connectivity index (χ0v) is 53.8. The Hall–Kier alpha value is -8.12. The largest absolute Gasteiger partial charge is 0.508 e. The maximum Gasteiger partial charge on any atom is 0.173 e. The summed E-state index contributed by atoms with van der Waals surface area (Å²) in [4.78, 5) is 33.4. The number of benzene rings is 6. The highest BCUT2D eigenvalue weighted by Gasteiger charge is 2.44. The minimum Gasteiger partial charge on any atom is -0.508 e. The summed E-state index contributed by atoms with van der Waals surface area (Å²) in [6, 6.07) is 39.8. The van der Waals surface area contributed by atoms with Crippen LogP contribution >= 0.6 is 0 Å². The number of phenols is 3. The fraction of sp³-hybridized carbons (Fsp3) is 0.418. The number of aromatic amines is 1. The molecule has 0 saturated heterocycles. The Morgan fingerprint density at radius 3 is 2.37 bits per heavy atom. The molecule has 482 valence electrons. The number of phenolic OH excluding ortho intramolecular Hbond substituents is 3. The van der Waals surface area contributed by atoms with E-state index in [0.29, 0.717) is 81.4 Å². The van der Waals surface area contributed by atoms with Gasteiger partial charge in [0, 0.05) is 73.7 Å². The number of nitrogens with one attached hydrogen (secondary N) is 4. The molecule has 0 amide bonds. The molecule has 11 unspecified atom stereocenters.